The SMILES string of the molecule is Cc1ccc2cc3ccccc3cc2c1C.c1ccc2c(c1)Cc1ccccc1-2. The summed E-state index contributed by atoms with van der Waals surface area (Å²) < 4.78 is 0. The highest BCUT2D eigenvalue weighted by Crippen LogP contribution is 2.35. The van der Waals surface area contributed by atoms with Crippen molar-refractivity contribution in [1.29, 1.82) is 0 Å². The molecule has 1 aliphatic carbocycles. The van der Waals surface area contributed by atoms with Gasteiger partial charge in [0.05, 0.1) is 0 Å². The van der Waals surface area contributed by atoms with Crippen LogP contribution in [0.25, 0.3) is 32.7 Å². The smallest absolute Gasteiger partial charge is 0.00135 e. The zero-order chi connectivity index (χ0) is 19.8. The maximum atomic E-state index is 2.30. The molecule has 0 bridgehead atoms. The van der Waals surface area contributed by atoms with E-state index in [0.717, 1.165) is 6.42 Å². The predicted molar refractivity (Wildman–Crippen MR) is 126 cm³/mol. The largest absolute Gasteiger partial charge is 0.0619 e. The minimum atomic E-state index is 1.10. The molecule has 0 nitrogen and oxygen atoms in total. The second-order valence-corrected chi connectivity index (χ2v) is 7.92. The zero-order valence-corrected chi connectivity index (χ0v) is 16.9. The van der Waals surface area contributed by atoms with Crippen LogP contribution in [-0.2, 0) is 6.42 Å². The molecule has 0 unspecified atom stereocenters. The third kappa shape index (κ3) is 3.21. The topological polar surface area (TPSA) is 0 Å². The quantitative estimate of drug-likeness (QED) is 0.238. The molecule has 0 aromatic heterocycles. The highest BCUT2D eigenvalue weighted by Gasteiger charge is 2.15. The third-order valence-corrected chi connectivity index (χ3v) is 6.13. The summed E-state index contributed by atoms with van der Waals surface area (Å²) in [5.41, 5.74) is 8.51. The van der Waals surface area contributed by atoms with Gasteiger partial charge in [-0.25, -0.2) is 0 Å². The van der Waals surface area contributed by atoms with E-state index in [0.29, 0.717) is 0 Å². The normalized spacial score (nSPS) is 11.7. The van der Waals surface area contributed by atoms with E-state index < -0.39 is 0 Å². The van der Waals surface area contributed by atoms with Crippen molar-refractivity contribution >= 4 is 21.5 Å². The van der Waals surface area contributed by atoms with Crippen LogP contribution in [0.15, 0.2) is 97.1 Å². The highest BCUT2D eigenvalue weighted by atomic mass is 14.2. The highest BCUT2D eigenvalue weighted by molar-refractivity contribution is 5.99. The molecule has 0 amide bonds. The van der Waals surface area contributed by atoms with Gasteiger partial charge in [0.25, 0.3) is 0 Å². The van der Waals surface area contributed by atoms with Crippen LogP contribution in [0.1, 0.15) is 22.3 Å². The van der Waals surface area contributed by atoms with Crippen LogP contribution in [0, 0.1) is 13.8 Å². The molecular formula is C29H24. The van der Waals surface area contributed by atoms with Gasteiger partial charge in [-0.1, -0.05) is 84.9 Å². The van der Waals surface area contributed by atoms with Crippen molar-refractivity contribution in [2.75, 3.05) is 0 Å². The van der Waals surface area contributed by atoms with Gasteiger partial charge < -0.3 is 0 Å². The second kappa shape index (κ2) is 7.22. The zero-order valence-electron chi connectivity index (χ0n) is 16.9. The fourth-order valence-electron chi connectivity index (χ4n) is 4.35. The Labute approximate surface area is 172 Å². The van der Waals surface area contributed by atoms with Gasteiger partial charge in [-0.3, -0.25) is 0 Å². The van der Waals surface area contributed by atoms with Gasteiger partial charge >= 0.3 is 0 Å². The third-order valence-electron chi connectivity index (χ3n) is 6.13. The van der Waals surface area contributed by atoms with Crippen LogP contribution in [0.3, 0.4) is 0 Å². The fraction of sp³-hybridized carbons (Fsp3) is 0.103. The van der Waals surface area contributed by atoms with E-state index in [9.17, 15) is 0 Å². The maximum absolute atomic E-state index is 2.30. The van der Waals surface area contributed by atoms with E-state index in [1.807, 2.05) is 0 Å². The molecule has 0 radical (unpaired) electrons. The Balaban J connectivity index is 0.000000128. The molecular weight excluding hydrogens is 348 g/mol. The van der Waals surface area contributed by atoms with Gasteiger partial charge in [0.1, 0.15) is 0 Å². The van der Waals surface area contributed by atoms with E-state index in [-0.39, 0.29) is 0 Å². The van der Waals surface area contributed by atoms with Gasteiger partial charge in [-0.15, -0.1) is 0 Å². The summed E-state index contributed by atoms with van der Waals surface area (Å²) in [7, 11) is 0. The summed E-state index contributed by atoms with van der Waals surface area (Å²) in [6.45, 7) is 4.37. The first-order valence-electron chi connectivity index (χ1n) is 10.3. The summed E-state index contributed by atoms with van der Waals surface area (Å²) in [4.78, 5) is 0. The first-order chi connectivity index (χ1) is 14.2. The lowest BCUT2D eigenvalue weighted by atomic mass is 9.97. The van der Waals surface area contributed by atoms with Crippen LogP contribution in [0.4, 0.5) is 0 Å². The van der Waals surface area contributed by atoms with E-state index in [4.69, 9.17) is 0 Å². The lowest BCUT2D eigenvalue weighted by Crippen LogP contribution is -1.84. The summed E-state index contributed by atoms with van der Waals surface area (Å²) in [6, 6.07) is 34.8. The lowest BCUT2D eigenvalue weighted by molar-refractivity contribution is 1.26. The maximum Gasteiger partial charge on any atom is -0.00135 e. The first-order valence-corrected chi connectivity index (χ1v) is 10.3. The van der Waals surface area contributed by atoms with Crippen LogP contribution in [-0.4, -0.2) is 0 Å². The number of fused-ring (bicyclic) bond motifs is 5. The number of benzene rings is 5. The van der Waals surface area contributed by atoms with Gasteiger partial charge in [0.15, 0.2) is 0 Å². The van der Waals surface area contributed by atoms with Gasteiger partial charge in [-0.05, 0) is 87.3 Å². The molecule has 0 fully saturated rings. The minimum Gasteiger partial charge on any atom is -0.0619 e. The molecule has 0 aliphatic heterocycles. The molecule has 140 valence electrons. The summed E-state index contributed by atoms with van der Waals surface area (Å²) in [6.07, 6.45) is 1.10. The van der Waals surface area contributed by atoms with Crippen LogP contribution in [0.2, 0.25) is 0 Å². The number of rotatable bonds is 0. The van der Waals surface area contributed by atoms with Crippen molar-refractivity contribution in [1.82, 2.24) is 0 Å². The van der Waals surface area contributed by atoms with Gasteiger partial charge in [0.2, 0.25) is 0 Å². The van der Waals surface area contributed by atoms with Crippen molar-refractivity contribution in [3.8, 4) is 11.1 Å². The molecule has 5 aromatic rings. The van der Waals surface area contributed by atoms with Gasteiger partial charge in [0, 0.05) is 0 Å². The molecule has 0 spiro atoms. The average molecular weight is 373 g/mol. The molecule has 0 saturated carbocycles. The van der Waals surface area contributed by atoms with E-state index in [1.54, 1.807) is 0 Å². The fourth-order valence-corrected chi connectivity index (χ4v) is 4.35. The van der Waals surface area contributed by atoms with Crippen molar-refractivity contribution < 1.29 is 0 Å². The Kier molecular flexibility index (Phi) is 4.41. The molecule has 0 heterocycles. The van der Waals surface area contributed by atoms with Crippen molar-refractivity contribution in [3.63, 3.8) is 0 Å². The lowest BCUT2D eigenvalue weighted by Gasteiger charge is -2.07. The molecule has 0 atom stereocenters. The molecule has 5 aromatic carbocycles. The van der Waals surface area contributed by atoms with Crippen LogP contribution >= 0.6 is 0 Å². The van der Waals surface area contributed by atoms with E-state index in [1.165, 1.54) is 54.9 Å². The van der Waals surface area contributed by atoms with Crippen molar-refractivity contribution in [2.24, 2.45) is 0 Å². The Bertz CT molecular complexity index is 1300. The van der Waals surface area contributed by atoms with Crippen molar-refractivity contribution in [3.05, 3.63) is 119 Å². The monoisotopic (exact) mass is 372 g/mol. The second-order valence-electron chi connectivity index (χ2n) is 7.92. The minimum absolute atomic E-state index is 1.10. The van der Waals surface area contributed by atoms with Crippen molar-refractivity contribution in [2.45, 2.75) is 20.3 Å². The Hall–Kier alpha value is -3.38. The molecule has 1 aliphatic rings. The first kappa shape index (κ1) is 17.7. The van der Waals surface area contributed by atoms with E-state index >= 15 is 0 Å². The number of hydrogen-bond donors (Lipinski definition) is 0. The average Bonchev–Trinajstić information content (AvgIpc) is 3.15. The number of aryl methyl sites for hydroxylation is 2. The van der Waals surface area contributed by atoms with Gasteiger partial charge in [-0.2, -0.15) is 0 Å². The molecule has 6 rings (SSSR count). The predicted octanol–water partition coefficient (Wildman–Crippen LogP) is 7.87. The summed E-state index contributed by atoms with van der Waals surface area (Å²) in [5, 5.41) is 5.35. The Morgan fingerprint density at radius 2 is 1.07 bits per heavy atom. The number of hydrogen-bond acceptors (Lipinski definition) is 0. The summed E-state index contributed by atoms with van der Waals surface area (Å²) >= 11 is 0. The van der Waals surface area contributed by atoms with E-state index in [2.05, 4.69) is 111 Å². The molecule has 0 heteroatoms. The molecule has 0 N–H and O–H groups in total. The van der Waals surface area contributed by atoms with Crippen LogP contribution in [0.5, 0.6) is 0 Å². The molecule has 29 heavy (non-hydrogen) atoms. The Morgan fingerprint density at radius 3 is 1.72 bits per heavy atom. The Morgan fingerprint density at radius 1 is 0.517 bits per heavy atom. The van der Waals surface area contributed by atoms with Crippen LogP contribution < -0.4 is 0 Å². The molecule has 0 saturated heterocycles. The standard InChI is InChI=1S/C16H14.C13H10/c1-11-7-8-15-9-13-5-3-4-6-14(13)10-16(15)12(11)2;1-3-7-12-10(5-1)9-11-6-2-4-8-13(11)12/h3-10H,1-2H3;1-8H,9H2. The summed E-state index contributed by atoms with van der Waals surface area (Å²) in [5.74, 6) is 0.